The van der Waals surface area contributed by atoms with Gasteiger partial charge in [0.1, 0.15) is 13.2 Å². The van der Waals surface area contributed by atoms with Crippen molar-refractivity contribution in [3.05, 3.63) is 109 Å². The average molecular weight is 1100 g/mol. The fourth-order valence-corrected chi connectivity index (χ4v) is 9.28. The number of hydrogen-bond acceptors (Lipinski definition) is 6. The Morgan fingerprint density at radius 2 is 0.494 bits per heavy atom. The van der Waals surface area contributed by atoms with Crippen LogP contribution in [0.2, 0.25) is 0 Å². The van der Waals surface area contributed by atoms with Crippen LogP contribution in [0.25, 0.3) is 0 Å². The lowest BCUT2D eigenvalue weighted by Crippen LogP contribution is -2.30. The second kappa shape index (κ2) is 66.6. The van der Waals surface area contributed by atoms with Crippen LogP contribution in [0.1, 0.15) is 316 Å². The van der Waals surface area contributed by atoms with Crippen molar-refractivity contribution in [2.75, 3.05) is 13.2 Å². The number of rotatable bonds is 60. The van der Waals surface area contributed by atoms with Crippen molar-refractivity contribution < 1.29 is 28.6 Å². The summed E-state index contributed by atoms with van der Waals surface area (Å²) in [4.78, 5) is 38.3. The van der Waals surface area contributed by atoms with E-state index in [1.54, 1.807) is 0 Å². The summed E-state index contributed by atoms with van der Waals surface area (Å²) in [5.74, 6) is -0.888. The van der Waals surface area contributed by atoms with E-state index < -0.39 is 6.10 Å². The maximum Gasteiger partial charge on any atom is 0.306 e. The SMILES string of the molecule is CC/C=C\C/C=C\C/C=C\C/C=C\C/C=C\C/C=C\C/C=C\C/C=C\CCCCCCCCCCC(=O)OCC(COC(=O)CCCCCCC/C=C\CCCCC)OC(=O)CCCCCCCCCCCCCCCCCC. The fraction of sp³-hybridized carbons (Fsp3) is 0.712. The third-order valence-corrected chi connectivity index (χ3v) is 14.3. The van der Waals surface area contributed by atoms with Crippen molar-refractivity contribution >= 4 is 17.9 Å². The molecule has 0 radical (unpaired) electrons. The summed E-state index contributed by atoms with van der Waals surface area (Å²) >= 11 is 0. The molecule has 0 aliphatic heterocycles. The van der Waals surface area contributed by atoms with Gasteiger partial charge >= 0.3 is 17.9 Å². The molecule has 0 N–H and O–H groups in total. The largest absolute Gasteiger partial charge is 0.462 e. The van der Waals surface area contributed by atoms with Gasteiger partial charge in [0.05, 0.1) is 0 Å². The monoisotopic (exact) mass is 1100 g/mol. The Labute approximate surface area is 489 Å². The topological polar surface area (TPSA) is 78.9 Å². The standard InChI is InChI=1S/C73H124O6/c1-4-7-10-13-16-19-22-25-27-29-30-31-32-33-34-35-36-37-38-39-40-41-42-43-44-45-47-48-51-54-57-60-63-66-72(75)78-69-70(68-77-71(74)65-62-59-56-53-50-24-21-18-15-12-9-6-3)79-73(76)67-64-61-58-55-52-49-46-28-26-23-20-17-14-11-8-5-2/h7,10,16,18-19,21,25,27,30-31,33-34,36-37,39-40,42-43,70H,4-6,8-9,11-15,17,20,22-24,26,28-29,32,35,38,41,44-69H2,1-3H3/b10-7-,19-16-,21-18-,27-25-,31-30-,34-33-,37-36-,40-39-,43-42-. The van der Waals surface area contributed by atoms with Crippen molar-refractivity contribution in [3.8, 4) is 0 Å². The molecule has 0 saturated heterocycles. The zero-order valence-electron chi connectivity index (χ0n) is 51.9. The first-order valence-electron chi connectivity index (χ1n) is 33.4. The highest BCUT2D eigenvalue weighted by atomic mass is 16.6. The van der Waals surface area contributed by atoms with Crippen molar-refractivity contribution in [2.45, 2.75) is 322 Å². The zero-order valence-corrected chi connectivity index (χ0v) is 51.9. The van der Waals surface area contributed by atoms with Crippen LogP contribution in [0.4, 0.5) is 0 Å². The number of hydrogen-bond donors (Lipinski definition) is 0. The molecule has 0 bridgehead atoms. The number of allylic oxidation sites excluding steroid dienone is 18. The summed E-state index contributed by atoms with van der Waals surface area (Å²) in [7, 11) is 0. The number of carbonyl (C=O) groups excluding carboxylic acids is 3. The molecule has 0 heterocycles. The first kappa shape index (κ1) is 75.1. The zero-order chi connectivity index (χ0) is 57.1. The van der Waals surface area contributed by atoms with E-state index in [2.05, 4.69) is 130 Å². The van der Waals surface area contributed by atoms with E-state index in [0.717, 1.165) is 122 Å². The van der Waals surface area contributed by atoms with E-state index in [9.17, 15) is 14.4 Å². The molecular formula is C73H124O6. The third-order valence-electron chi connectivity index (χ3n) is 14.3. The molecule has 6 nitrogen and oxygen atoms in total. The van der Waals surface area contributed by atoms with E-state index in [-0.39, 0.29) is 31.1 Å². The molecule has 0 saturated carbocycles. The molecule has 0 aromatic heterocycles. The van der Waals surface area contributed by atoms with Gasteiger partial charge in [0, 0.05) is 19.3 Å². The smallest absolute Gasteiger partial charge is 0.306 e. The number of unbranched alkanes of at least 4 members (excludes halogenated alkanes) is 31. The highest BCUT2D eigenvalue weighted by Gasteiger charge is 2.19. The summed E-state index contributed by atoms with van der Waals surface area (Å²) in [5.41, 5.74) is 0. The Hall–Kier alpha value is -3.93. The molecule has 1 atom stereocenters. The van der Waals surface area contributed by atoms with Gasteiger partial charge < -0.3 is 14.2 Å². The first-order chi connectivity index (χ1) is 39.0. The van der Waals surface area contributed by atoms with Crippen LogP contribution in [0.5, 0.6) is 0 Å². The van der Waals surface area contributed by atoms with E-state index in [0.29, 0.717) is 19.3 Å². The summed E-state index contributed by atoms with van der Waals surface area (Å²) in [6.07, 6.45) is 91.0. The molecular weight excluding hydrogens is 973 g/mol. The number of ether oxygens (including phenoxy) is 3. The van der Waals surface area contributed by atoms with E-state index in [4.69, 9.17) is 14.2 Å². The van der Waals surface area contributed by atoms with Gasteiger partial charge in [0.2, 0.25) is 0 Å². The van der Waals surface area contributed by atoms with E-state index in [1.165, 1.54) is 154 Å². The molecule has 0 amide bonds. The highest BCUT2D eigenvalue weighted by Crippen LogP contribution is 2.16. The fourth-order valence-electron chi connectivity index (χ4n) is 9.28. The van der Waals surface area contributed by atoms with Gasteiger partial charge in [-0.3, -0.25) is 14.4 Å². The van der Waals surface area contributed by atoms with Crippen molar-refractivity contribution in [1.29, 1.82) is 0 Å². The van der Waals surface area contributed by atoms with Crippen LogP contribution in [0, 0.1) is 0 Å². The molecule has 1 unspecified atom stereocenters. The van der Waals surface area contributed by atoms with Crippen molar-refractivity contribution in [2.24, 2.45) is 0 Å². The van der Waals surface area contributed by atoms with Crippen LogP contribution < -0.4 is 0 Å². The van der Waals surface area contributed by atoms with Gasteiger partial charge in [-0.25, -0.2) is 0 Å². The predicted octanol–water partition coefficient (Wildman–Crippen LogP) is 23.0. The minimum Gasteiger partial charge on any atom is -0.462 e. The molecule has 0 rings (SSSR count). The molecule has 0 aliphatic carbocycles. The van der Waals surface area contributed by atoms with Gasteiger partial charge in [-0.15, -0.1) is 0 Å². The molecule has 79 heavy (non-hydrogen) atoms. The summed E-state index contributed by atoms with van der Waals surface area (Å²) in [6, 6.07) is 0. The lowest BCUT2D eigenvalue weighted by Gasteiger charge is -2.18. The Balaban J connectivity index is 4.24. The van der Waals surface area contributed by atoms with Crippen LogP contribution in [0.3, 0.4) is 0 Å². The second-order valence-electron chi connectivity index (χ2n) is 22.0. The van der Waals surface area contributed by atoms with Gasteiger partial charge in [-0.05, 0) is 109 Å². The van der Waals surface area contributed by atoms with Crippen LogP contribution in [0.15, 0.2) is 109 Å². The van der Waals surface area contributed by atoms with Crippen LogP contribution in [-0.4, -0.2) is 37.2 Å². The third kappa shape index (κ3) is 64.8. The minimum atomic E-state index is -0.784. The Bertz CT molecular complexity index is 1590. The molecule has 0 fully saturated rings. The van der Waals surface area contributed by atoms with Crippen LogP contribution in [-0.2, 0) is 28.6 Å². The minimum absolute atomic E-state index is 0.0820. The first-order valence-corrected chi connectivity index (χ1v) is 33.4. The molecule has 0 aromatic rings. The summed E-state index contributed by atoms with van der Waals surface area (Å²) in [5, 5.41) is 0. The Morgan fingerprint density at radius 1 is 0.266 bits per heavy atom. The predicted molar refractivity (Wildman–Crippen MR) is 343 cm³/mol. The molecule has 6 heteroatoms. The van der Waals surface area contributed by atoms with E-state index >= 15 is 0 Å². The van der Waals surface area contributed by atoms with Gasteiger partial charge in [0.25, 0.3) is 0 Å². The van der Waals surface area contributed by atoms with Gasteiger partial charge in [-0.1, -0.05) is 297 Å². The molecule has 0 aliphatic rings. The van der Waals surface area contributed by atoms with Crippen LogP contribution >= 0.6 is 0 Å². The van der Waals surface area contributed by atoms with E-state index in [1.807, 2.05) is 0 Å². The van der Waals surface area contributed by atoms with Gasteiger partial charge in [0.15, 0.2) is 6.10 Å². The lowest BCUT2D eigenvalue weighted by atomic mass is 10.0. The van der Waals surface area contributed by atoms with Crippen molar-refractivity contribution in [1.82, 2.24) is 0 Å². The number of esters is 3. The molecule has 452 valence electrons. The lowest BCUT2D eigenvalue weighted by molar-refractivity contribution is -0.167. The molecule has 0 aromatic carbocycles. The summed E-state index contributed by atoms with van der Waals surface area (Å²) in [6.45, 7) is 6.51. The maximum absolute atomic E-state index is 12.9. The summed E-state index contributed by atoms with van der Waals surface area (Å²) < 4.78 is 16.9. The Kier molecular flexibility index (Phi) is 63.3. The van der Waals surface area contributed by atoms with Crippen molar-refractivity contribution in [3.63, 3.8) is 0 Å². The normalized spacial score (nSPS) is 12.8. The highest BCUT2D eigenvalue weighted by molar-refractivity contribution is 5.71. The average Bonchev–Trinajstić information content (AvgIpc) is 3.45. The quantitative estimate of drug-likeness (QED) is 0.0261. The van der Waals surface area contributed by atoms with Gasteiger partial charge in [-0.2, -0.15) is 0 Å². The Morgan fingerprint density at radius 3 is 0.810 bits per heavy atom. The second-order valence-corrected chi connectivity index (χ2v) is 22.0. The molecule has 0 spiro atoms. The maximum atomic E-state index is 12.9. The number of carbonyl (C=O) groups is 3.